The molecule has 0 aromatic heterocycles. The van der Waals surface area contributed by atoms with E-state index in [0.29, 0.717) is 5.92 Å². The number of hydrogen-bond donors (Lipinski definition) is 0. The largest absolute Gasteiger partial charge is 0.500 e. The standard InChI is InChI=1S/C10H21NO3Si/c1-11-7-5-6-10(8-11)9-15(12-2,13-3)14-4/h5,7,10H,6,8-9H2,1-4H3. The lowest BCUT2D eigenvalue weighted by Gasteiger charge is -2.32. The first-order valence-corrected chi connectivity index (χ1v) is 7.11. The summed E-state index contributed by atoms with van der Waals surface area (Å²) in [7, 11) is 4.69. The summed E-state index contributed by atoms with van der Waals surface area (Å²) in [6.07, 6.45) is 5.38. The molecule has 1 heterocycles. The van der Waals surface area contributed by atoms with E-state index in [9.17, 15) is 0 Å². The SMILES string of the molecule is CO[Si](CC1CC=CN(C)C1)(OC)OC. The summed E-state index contributed by atoms with van der Waals surface area (Å²) in [5.41, 5.74) is 0. The minimum atomic E-state index is -2.39. The van der Waals surface area contributed by atoms with E-state index in [4.69, 9.17) is 13.3 Å². The third kappa shape index (κ3) is 3.31. The van der Waals surface area contributed by atoms with E-state index in [1.807, 2.05) is 0 Å². The van der Waals surface area contributed by atoms with Crippen molar-refractivity contribution in [3.63, 3.8) is 0 Å². The van der Waals surface area contributed by atoms with Crippen molar-refractivity contribution in [2.75, 3.05) is 34.9 Å². The van der Waals surface area contributed by atoms with E-state index in [0.717, 1.165) is 19.0 Å². The van der Waals surface area contributed by atoms with Crippen LogP contribution in [0.3, 0.4) is 0 Å². The topological polar surface area (TPSA) is 30.9 Å². The minimum absolute atomic E-state index is 0.562. The van der Waals surface area contributed by atoms with Gasteiger partial charge in [0.05, 0.1) is 0 Å². The highest BCUT2D eigenvalue weighted by molar-refractivity contribution is 6.60. The van der Waals surface area contributed by atoms with Crippen LogP contribution in [-0.2, 0) is 13.3 Å². The van der Waals surface area contributed by atoms with Crippen molar-refractivity contribution in [3.8, 4) is 0 Å². The first-order valence-electron chi connectivity index (χ1n) is 5.18. The zero-order valence-electron chi connectivity index (χ0n) is 10.0. The van der Waals surface area contributed by atoms with E-state index < -0.39 is 8.80 Å². The van der Waals surface area contributed by atoms with Gasteiger partial charge < -0.3 is 18.2 Å². The Morgan fingerprint density at radius 3 is 2.33 bits per heavy atom. The second kappa shape index (κ2) is 5.65. The second-order valence-electron chi connectivity index (χ2n) is 3.93. The van der Waals surface area contributed by atoms with Gasteiger partial charge in [-0.25, -0.2) is 0 Å². The third-order valence-corrected chi connectivity index (χ3v) is 5.79. The predicted octanol–water partition coefficient (Wildman–Crippen LogP) is 1.33. The molecule has 4 nitrogen and oxygen atoms in total. The Kier molecular flexibility index (Phi) is 4.78. The van der Waals surface area contributed by atoms with E-state index >= 15 is 0 Å². The molecule has 15 heavy (non-hydrogen) atoms. The highest BCUT2D eigenvalue weighted by Crippen LogP contribution is 2.25. The average molecular weight is 231 g/mol. The molecule has 0 fully saturated rings. The fourth-order valence-corrected chi connectivity index (χ4v) is 3.98. The lowest BCUT2D eigenvalue weighted by molar-refractivity contribution is 0.115. The average Bonchev–Trinajstić information content (AvgIpc) is 2.26. The van der Waals surface area contributed by atoms with Gasteiger partial charge in [-0.3, -0.25) is 0 Å². The van der Waals surface area contributed by atoms with Crippen LogP contribution in [0, 0.1) is 5.92 Å². The molecular formula is C10H21NO3Si. The van der Waals surface area contributed by atoms with Crippen molar-refractivity contribution < 1.29 is 13.3 Å². The Labute approximate surface area is 93.2 Å². The molecule has 0 aromatic carbocycles. The van der Waals surface area contributed by atoms with Crippen molar-refractivity contribution in [3.05, 3.63) is 12.3 Å². The minimum Gasteiger partial charge on any atom is -0.380 e. The zero-order chi connectivity index (χ0) is 11.3. The summed E-state index contributed by atoms with van der Waals surface area (Å²) < 4.78 is 16.3. The summed E-state index contributed by atoms with van der Waals surface area (Å²) in [6, 6.07) is 0.880. The van der Waals surface area contributed by atoms with Crippen LogP contribution in [0.2, 0.25) is 6.04 Å². The molecular weight excluding hydrogens is 210 g/mol. The van der Waals surface area contributed by atoms with E-state index in [2.05, 4.69) is 24.2 Å². The quantitative estimate of drug-likeness (QED) is 0.668. The van der Waals surface area contributed by atoms with Gasteiger partial charge >= 0.3 is 8.80 Å². The Bertz CT molecular complexity index is 210. The van der Waals surface area contributed by atoms with Crippen LogP contribution in [-0.4, -0.2) is 48.6 Å². The predicted molar refractivity (Wildman–Crippen MR) is 61.5 cm³/mol. The van der Waals surface area contributed by atoms with Crippen LogP contribution in [0.4, 0.5) is 0 Å². The Morgan fingerprint density at radius 1 is 1.27 bits per heavy atom. The molecule has 0 aromatic rings. The van der Waals surface area contributed by atoms with Gasteiger partial charge in [0.15, 0.2) is 0 Å². The van der Waals surface area contributed by atoms with Crippen molar-refractivity contribution >= 4 is 8.80 Å². The maximum atomic E-state index is 5.43. The smallest absolute Gasteiger partial charge is 0.380 e. The van der Waals surface area contributed by atoms with Gasteiger partial charge in [-0.05, 0) is 18.5 Å². The van der Waals surface area contributed by atoms with Crippen LogP contribution in [0.1, 0.15) is 6.42 Å². The van der Waals surface area contributed by atoms with E-state index in [-0.39, 0.29) is 0 Å². The van der Waals surface area contributed by atoms with E-state index in [1.54, 1.807) is 21.3 Å². The molecule has 0 amide bonds. The lowest BCUT2D eigenvalue weighted by Crippen LogP contribution is -2.46. The molecule has 1 aliphatic rings. The Morgan fingerprint density at radius 2 is 1.87 bits per heavy atom. The van der Waals surface area contributed by atoms with Crippen LogP contribution >= 0.6 is 0 Å². The van der Waals surface area contributed by atoms with Crippen molar-refractivity contribution in [2.45, 2.75) is 12.5 Å². The first kappa shape index (κ1) is 12.7. The maximum absolute atomic E-state index is 5.43. The van der Waals surface area contributed by atoms with Gasteiger partial charge in [-0.1, -0.05) is 6.08 Å². The number of allylic oxidation sites excluding steroid dienone is 1. The zero-order valence-corrected chi connectivity index (χ0v) is 11.0. The molecule has 0 saturated heterocycles. The molecule has 0 N–H and O–H groups in total. The molecule has 1 aliphatic heterocycles. The molecule has 1 atom stereocenters. The molecule has 0 bridgehead atoms. The maximum Gasteiger partial charge on any atom is 0.500 e. The van der Waals surface area contributed by atoms with Crippen LogP contribution < -0.4 is 0 Å². The summed E-state index contributed by atoms with van der Waals surface area (Å²) in [5.74, 6) is 0.562. The molecule has 5 heteroatoms. The van der Waals surface area contributed by atoms with E-state index in [1.165, 1.54) is 0 Å². The van der Waals surface area contributed by atoms with Gasteiger partial charge in [0.2, 0.25) is 0 Å². The van der Waals surface area contributed by atoms with Gasteiger partial charge in [0.1, 0.15) is 0 Å². The third-order valence-electron chi connectivity index (χ3n) is 2.85. The van der Waals surface area contributed by atoms with Crippen molar-refractivity contribution in [2.24, 2.45) is 5.92 Å². The highest BCUT2D eigenvalue weighted by atomic mass is 28.4. The molecule has 0 radical (unpaired) electrons. The Balaban J connectivity index is 2.55. The fraction of sp³-hybridized carbons (Fsp3) is 0.800. The van der Waals surface area contributed by atoms with Gasteiger partial charge in [0.25, 0.3) is 0 Å². The van der Waals surface area contributed by atoms with Crippen molar-refractivity contribution in [1.82, 2.24) is 4.90 Å². The monoisotopic (exact) mass is 231 g/mol. The molecule has 1 rings (SSSR count). The number of rotatable bonds is 5. The van der Waals surface area contributed by atoms with Crippen LogP contribution in [0.5, 0.6) is 0 Å². The van der Waals surface area contributed by atoms with Gasteiger partial charge in [0, 0.05) is 41.0 Å². The first-order chi connectivity index (χ1) is 7.15. The number of hydrogen-bond acceptors (Lipinski definition) is 4. The molecule has 1 unspecified atom stereocenters. The van der Waals surface area contributed by atoms with Gasteiger partial charge in [-0.15, -0.1) is 0 Å². The fourth-order valence-electron chi connectivity index (χ4n) is 1.98. The molecule has 88 valence electrons. The van der Waals surface area contributed by atoms with Gasteiger partial charge in [-0.2, -0.15) is 0 Å². The summed E-state index contributed by atoms with van der Waals surface area (Å²) in [4.78, 5) is 2.19. The highest BCUT2D eigenvalue weighted by Gasteiger charge is 2.40. The lowest BCUT2D eigenvalue weighted by atomic mass is 10.1. The summed E-state index contributed by atoms with van der Waals surface area (Å²) in [5, 5.41) is 0. The molecule has 0 aliphatic carbocycles. The number of nitrogens with zero attached hydrogens (tertiary/aromatic N) is 1. The summed E-state index contributed by atoms with van der Waals surface area (Å²) in [6.45, 7) is 1.04. The van der Waals surface area contributed by atoms with Crippen LogP contribution in [0.25, 0.3) is 0 Å². The Hall–Kier alpha value is -0.363. The summed E-state index contributed by atoms with van der Waals surface area (Å²) >= 11 is 0. The van der Waals surface area contributed by atoms with Crippen molar-refractivity contribution in [1.29, 1.82) is 0 Å². The normalized spacial score (nSPS) is 22.1. The second-order valence-corrected chi connectivity index (χ2v) is 6.92. The molecule has 0 saturated carbocycles. The van der Waals surface area contributed by atoms with Crippen LogP contribution in [0.15, 0.2) is 12.3 Å². The molecule has 0 spiro atoms.